The van der Waals surface area contributed by atoms with E-state index >= 15 is 0 Å². The zero-order valence-corrected chi connectivity index (χ0v) is 20.3. The number of fused-ring (bicyclic) bond motifs is 1. The molecule has 2 amide bonds. The van der Waals surface area contributed by atoms with Gasteiger partial charge in [0, 0.05) is 23.2 Å². The van der Waals surface area contributed by atoms with Gasteiger partial charge in [0.05, 0.1) is 27.2 Å². The fraction of sp³-hybridized carbons (Fsp3) is 0.231. The summed E-state index contributed by atoms with van der Waals surface area (Å²) in [6.07, 6.45) is 6.15. The fourth-order valence-corrected chi connectivity index (χ4v) is 5.15. The number of aromatic nitrogens is 1. The first kappa shape index (κ1) is 23.5. The maximum absolute atomic E-state index is 12.7. The number of rotatable bonds is 4. The summed E-state index contributed by atoms with van der Waals surface area (Å²) in [7, 11) is 0. The molecule has 1 aromatic heterocycles. The van der Waals surface area contributed by atoms with Crippen molar-refractivity contribution in [2.45, 2.75) is 37.8 Å². The molecular formula is C26H23ClN4O3S. The van der Waals surface area contributed by atoms with E-state index in [1.54, 1.807) is 24.4 Å². The van der Waals surface area contributed by atoms with Crippen LogP contribution in [-0.2, 0) is 4.79 Å². The number of carbonyl (C=O) groups is 2. The van der Waals surface area contributed by atoms with Crippen molar-refractivity contribution in [1.29, 1.82) is 0 Å². The molecule has 3 N–H and O–H groups in total. The monoisotopic (exact) mass is 506 g/mol. The number of amides is 2. The Bertz CT molecular complexity index is 1370. The van der Waals surface area contributed by atoms with Crippen molar-refractivity contribution < 1.29 is 14.7 Å². The van der Waals surface area contributed by atoms with Crippen LogP contribution >= 0.6 is 23.4 Å². The van der Waals surface area contributed by atoms with Crippen molar-refractivity contribution in [1.82, 2.24) is 15.6 Å². The molecule has 0 atom stereocenters. The Balaban J connectivity index is 1.32. The van der Waals surface area contributed by atoms with E-state index < -0.39 is 0 Å². The summed E-state index contributed by atoms with van der Waals surface area (Å²) in [6.45, 7) is 0. The molecule has 1 saturated heterocycles. The number of amidine groups is 1. The minimum atomic E-state index is -0.280. The molecule has 35 heavy (non-hydrogen) atoms. The SMILES string of the molecule is O=C1NC(=Nc2cc(C(=O)NC3CCC(O)CC3)ccc2Cl)SC1=Cc1ccc2ncccc2c1. The second-order valence-corrected chi connectivity index (χ2v) is 10.0. The predicted octanol–water partition coefficient (Wildman–Crippen LogP) is 4.81. The van der Waals surface area contributed by atoms with Gasteiger partial charge in [-0.25, -0.2) is 4.99 Å². The number of halogens is 1. The third-order valence-corrected chi connectivity index (χ3v) is 7.27. The van der Waals surface area contributed by atoms with Crippen LogP contribution in [0.3, 0.4) is 0 Å². The molecule has 5 rings (SSSR count). The van der Waals surface area contributed by atoms with E-state index in [9.17, 15) is 14.7 Å². The van der Waals surface area contributed by atoms with Crippen molar-refractivity contribution in [2.75, 3.05) is 0 Å². The van der Waals surface area contributed by atoms with Crippen LogP contribution in [0.4, 0.5) is 5.69 Å². The number of aliphatic hydroxyl groups is 1. The van der Waals surface area contributed by atoms with Gasteiger partial charge in [0.25, 0.3) is 11.8 Å². The van der Waals surface area contributed by atoms with E-state index in [4.69, 9.17) is 11.6 Å². The molecule has 0 unspecified atom stereocenters. The molecule has 1 aliphatic carbocycles. The van der Waals surface area contributed by atoms with Crippen LogP contribution in [0.5, 0.6) is 0 Å². The number of aliphatic imine (C=N–C) groups is 1. The summed E-state index contributed by atoms with van der Waals surface area (Å²) in [4.78, 5) is 34.6. The Morgan fingerprint density at radius 3 is 2.83 bits per heavy atom. The number of nitrogens with zero attached hydrogens (tertiary/aromatic N) is 2. The summed E-state index contributed by atoms with van der Waals surface area (Å²) in [5.41, 5.74) is 2.62. The molecule has 178 valence electrons. The number of thioether (sulfide) groups is 1. The summed E-state index contributed by atoms with van der Waals surface area (Å²) in [5.74, 6) is -0.455. The third-order valence-electron chi connectivity index (χ3n) is 6.04. The first-order valence-electron chi connectivity index (χ1n) is 11.4. The van der Waals surface area contributed by atoms with Gasteiger partial charge in [-0.3, -0.25) is 14.6 Å². The van der Waals surface area contributed by atoms with Gasteiger partial charge >= 0.3 is 0 Å². The molecule has 9 heteroatoms. The van der Waals surface area contributed by atoms with Gasteiger partial charge < -0.3 is 15.7 Å². The van der Waals surface area contributed by atoms with E-state index in [0.29, 0.717) is 39.2 Å². The van der Waals surface area contributed by atoms with Gasteiger partial charge in [0.2, 0.25) is 0 Å². The number of nitrogens with one attached hydrogen (secondary N) is 2. The topological polar surface area (TPSA) is 104 Å². The van der Waals surface area contributed by atoms with Crippen LogP contribution in [0.1, 0.15) is 41.6 Å². The molecule has 2 fully saturated rings. The van der Waals surface area contributed by atoms with Gasteiger partial charge in [0.1, 0.15) is 0 Å². The van der Waals surface area contributed by atoms with Crippen LogP contribution in [0.2, 0.25) is 5.02 Å². The molecule has 2 aromatic carbocycles. The van der Waals surface area contributed by atoms with Gasteiger partial charge in [-0.1, -0.05) is 23.7 Å². The average Bonchev–Trinajstić information content (AvgIpc) is 3.20. The van der Waals surface area contributed by atoms with Crippen molar-refractivity contribution in [2.24, 2.45) is 4.99 Å². The molecule has 2 aliphatic rings. The van der Waals surface area contributed by atoms with Crippen LogP contribution in [0.25, 0.3) is 17.0 Å². The Hall–Kier alpha value is -3.20. The summed E-state index contributed by atoms with van der Waals surface area (Å²) in [6, 6.07) is 14.6. The normalized spacial score (nSPS) is 22.5. The van der Waals surface area contributed by atoms with Gasteiger partial charge in [0.15, 0.2) is 5.17 Å². The Labute approximate surface area is 211 Å². The Morgan fingerprint density at radius 1 is 1.17 bits per heavy atom. The number of carbonyl (C=O) groups excluding carboxylic acids is 2. The molecule has 0 bridgehead atoms. The molecule has 0 spiro atoms. The van der Waals surface area contributed by atoms with Crippen molar-refractivity contribution in [3.05, 3.63) is 75.8 Å². The number of pyridine rings is 1. The van der Waals surface area contributed by atoms with Crippen LogP contribution < -0.4 is 10.6 Å². The molecule has 2 heterocycles. The van der Waals surface area contributed by atoms with E-state index in [-0.39, 0.29) is 24.0 Å². The van der Waals surface area contributed by atoms with Gasteiger partial charge in [-0.05, 0) is 85.5 Å². The van der Waals surface area contributed by atoms with Crippen LogP contribution in [-0.4, -0.2) is 39.2 Å². The standard InChI is InChI=1S/C26H23ClN4O3S/c27-20-9-4-17(24(33)29-18-5-7-19(32)8-6-18)14-22(20)30-26-31-25(34)23(35-26)13-15-3-10-21-16(12-15)2-1-11-28-21/h1-4,9-14,18-19,32H,5-8H2,(H,29,33)(H,30,31,34). The minimum Gasteiger partial charge on any atom is -0.393 e. The lowest BCUT2D eigenvalue weighted by Crippen LogP contribution is -2.38. The Kier molecular flexibility index (Phi) is 6.86. The van der Waals surface area contributed by atoms with Crippen molar-refractivity contribution in [3.63, 3.8) is 0 Å². The third kappa shape index (κ3) is 5.56. The predicted molar refractivity (Wildman–Crippen MR) is 140 cm³/mol. The van der Waals surface area contributed by atoms with Crippen molar-refractivity contribution >= 4 is 63.0 Å². The highest BCUT2D eigenvalue weighted by Crippen LogP contribution is 2.32. The average molecular weight is 507 g/mol. The quantitative estimate of drug-likeness (QED) is 0.440. The second kappa shape index (κ2) is 10.2. The highest BCUT2D eigenvalue weighted by molar-refractivity contribution is 8.18. The zero-order valence-electron chi connectivity index (χ0n) is 18.7. The Morgan fingerprint density at radius 2 is 2.00 bits per heavy atom. The maximum Gasteiger partial charge on any atom is 0.264 e. The van der Waals surface area contributed by atoms with Crippen molar-refractivity contribution in [3.8, 4) is 0 Å². The van der Waals surface area contributed by atoms with E-state index in [2.05, 4.69) is 20.6 Å². The smallest absolute Gasteiger partial charge is 0.264 e. The van der Waals surface area contributed by atoms with Crippen LogP contribution in [0.15, 0.2) is 64.6 Å². The number of benzene rings is 2. The van der Waals surface area contributed by atoms with E-state index in [1.165, 1.54) is 11.8 Å². The number of aliphatic hydroxyl groups excluding tert-OH is 1. The summed E-state index contributed by atoms with van der Waals surface area (Å²) in [5, 5.41) is 17.2. The maximum atomic E-state index is 12.7. The highest BCUT2D eigenvalue weighted by Gasteiger charge is 2.25. The lowest BCUT2D eigenvalue weighted by Gasteiger charge is -2.26. The first-order chi connectivity index (χ1) is 16.9. The first-order valence-corrected chi connectivity index (χ1v) is 12.6. The highest BCUT2D eigenvalue weighted by atomic mass is 35.5. The molecule has 1 saturated carbocycles. The van der Waals surface area contributed by atoms with Gasteiger partial charge in [-0.2, -0.15) is 0 Å². The molecule has 7 nitrogen and oxygen atoms in total. The number of hydrogen-bond acceptors (Lipinski definition) is 6. The fourth-order valence-electron chi connectivity index (χ4n) is 4.15. The van der Waals surface area contributed by atoms with E-state index in [0.717, 1.165) is 29.3 Å². The molecular weight excluding hydrogens is 484 g/mol. The largest absolute Gasteiger partial charge is 0.393 e. The summed E-state index contributed by atoms with van der Waals surface area (Å²) >= 11 is 7.55. The lowest BCUT2D eigenvalue weighted by atomic mass is 9.93. The zero-order chi connectivity index (χ0) is 24.4. The van der Waals surface area contributed by atoms with E-state index in [1.807, 2.05) is 36.4 Å². The second-order valence-electron chi connectivity index (χ2n) is 8.58. The molecule has 0 radical (unpaired) electrons. The van der Waals surface area contributed by atoms with Gasteiger partial charge in [-0.15, -0.1) is 0 Å². The van der Waals surface area contributed by atoms with Crippen LogP contribution in [0, 0.1) is 0 Å². The number of hydrogen-bond donors (Lipinski definition) is 3. The minimum absolute atomic E-state index is 0.0413. The lowest BCUT2D eigenvalue weighted by molar-refractivity contribution is -0.115. The molecule has 3 aromatic rings. The summed E-state index contributed by atoms with van der Waals surface area (Å²) < 4.78 is 0. The molecule has 1 aliphatic heterocycles.